The summed E-state index contributed by atoms with van der Waals surface area (Å²) in [6.07, 6.45) is 3.26. The van der Waals surface area contributed by atoms with Crippen LogP contribution in [-0.4, -0.2) is 23.0 Å². The molecular formula is C17H15N3O2S. The van der Waals surface area contributed by atoms with Crippen molar-refractivity contribution in [2.45, 2.75) is 6.54 Å². The van der Waals surface area contributed by atoms with Gasteiger partial charge in [-0.3, -0.25) is 9.78 Å². The molecule has 0 saturated heterocycles. The maximum absolute atomic E-state index is 12.2. The average Bonchev–Trinajstić information content (AvgIpc) is 3.14. The summed E-state index contributed by atoms with van der Waals surface area (Å²) in [5, 5.41) is 4.91. The molecule has 0 fully saturated rings. The summed E-state index contributed by atoms with van der Waals surface area (Å²) in [5.74, 6) is 0.301. The highest BCUT2D eigenvalue weighted by molar-refractivity contribution is 7.13. The molecule has 3 aromatic heterocycles. The maximum atomic E-state index is 12.2. The molecule has 0 unspecified atom stereocenters. The van der Waals surface area contributed by atoms with Crippen LogP contribution in [-0.2, 0) is 6.54 Å². The van der Waals surface area contributed by atoms with Crippen molar-refractivity contribution >= 4 is 17.2 Å². The molecule has 0 aliphatic carbocycles. The predicted molar refractivity (Wildman–Crippen MR) is 89.5 cm³/mol. The van der Waals surface area contributed by atoms with Crippen LogP contribution in [0, 0.1) is 0 Å². The van der Waals surface area contributed by atoms with Crippen molar-refractivity contribution in [2.75, 3.05) is 7.11 Å². The van der Waals surface area contributed by atoms with Gasteiger partial charge < -0.3 is 10.1 Å². The number of nitrogens with one attached hydrogen (secondary N) is 1. The normalized spacial score (nSPS) is 10.3. The van der Waals surface area contributed by atoms with Crippen molar-refractivity contribution in [1.82, 2.24) is 15.3 Å². The van der Waals surface area contributed by atoms with Crippen LogP contribution in [0.25, 0.3) is 10.6 Å². The number of methoxy groups -OCH3 is 1. The maximum Gasteiger partial charge on any atom is 0.253 e. The largest absolute Gasteiger partial charge is 0.481 e. The summed E-state index contributed by atoms with van der Waals surface area (Å²) in [6, 6.07) is 11.2. The van der Waals surface area contributed by atoms with E-state index in [0.29, 0.717) is 18.0 Å². The van der Waals surface area contributed by atoms with Gasteiger partial charge in [0, 0.05) is 25.0 Å². The predicted octanol–water partition coefficient (Wildman–Crippen LogP) is 3.14. The number of hydrogen-bond acceptors (Lipinski definition) is 5. The molecule has 5 nitrogen and oxygen atoms in total. The van der Waals surface area contributed by atoms with Crippen molar-refractivity contribution in [3.8, 4) is 16.5 Å². The third-order valence-electron chi connectivity index (χ3n) is 3.29. The van der Waals surface area contributed by atoms with Crippen LogP contribution in [0.2, 0.25) is 0 Å². The zero-order valence-corrected chi connectivity index (χ0v) is 13.3. The molecule has 0 aliphatic rings. The van der Waals surface area contributed by atoms with E-state index < -0.39 is 0 Å². The lowest BCUT2D eigenvalue weighted by Gasteiger charge is -2.09. The van der Waals surface area contributed by atoms with E-state index >= 15 is 0 Å². The van der Waals surface area contributed by atoms with Crippen LogP contribution in [0.15, 0.2) is 54.2 Å². The highest BCUT2D eigenvalue weighted by Crippen LogP contribution is 2.25. The van der Waals surface area contributed by atoms with Gasteiger partial charge in [0.1, 0.15) is 0 Å². The van der Waals surface area contributed by atoms with E-state index in [0.717, 1.165) is 16.1 Å². The molecule has 0 aromatic carbocycles. The Hall–Kier alpha value is -2.73. The summed E-state index contributed by atoms with van der Waals surface area (Å²) in [5.41, 5.74) is 2.37. The molecule has 3 rings (SSSR count). The SMILES string of the molecule is COc1ccc(C(=O)NCc2cccnc2-c2cccs2)cn1. The molecule has 23 heavy (non-hydrogen) atoms. The van der Waals surface area contributed by atoms with Gasteiger partial charge in [-0.25, -0.2) is 4.98 Å². The molecule has 6 heteroatoms. The summed E-state index contributed by atoms with van der Waals surface area (Å²) in [6.45, 7) is 0.409. The fraction of sp³-hybridized carbons (Fsp3) is 0.118. The van der Waals surface area contributed by atoms with Crippen molar-refractivity contribution < 1.29 is 9.53 Å². The van der Waals surface area contributed by atoms with Crippen LogP contribution in [0.5, 0.6) is 5.88 Å². The molecule has 3 aromatic rings. The summed E-state index contributed by atoms with van der Waals surface area (Å²) in [7, 11) is 1.54. The standard InChI is InChI=1S/C17H15N3O2S/c1-22-15-7-6-13(11-19-15)17(21)20-10-12-4-2-8-18-16(12)14-5-3-9-23-14/h2-9,11H,10H2,1H3,(H,20,21). The Kier molecular flexibility index (Phi) is 4.63. The van der Waals surface area contributed by atoms with E-state index in [1.165, 1.54) is 13.3 Å². The molecule has 116 valence electrons. The quantitative estimate of drug-likeness (QED) is 0.783. The third kappa shape index (κ3) is 3.54. The molecule has 1 N–H and O–H groups in total. The number of ether oxygens (including phenoxy) is 1. The molecule has 3 heterocycles. The number of rotatable bonds is 5. The Morgan fingerprint density at radius 2 is 2.13 bits per heavy atom. The fourth-order valence-corrected chi connectivity index (χ4v) is 2.89. The monoisotopic (exact) mass is 325 g/mol. The Bertz CT molecular complexity index is 786. The average molecular weight is 325 g/mol. The number of carbonyl (C=O) groups is 1. The first-order valence-corrected chi connectivity index (χ1v) is 7.92. The van der Waals surface area contributed by atoms with Gasteiger partial charge in [0.05, 0.1) is 23.2 Å². The van der Waals surface area contributed by atoms with E-state index in [4.69, 9.17) is 4.74 Å². The minimum atomic E-state index is -0.180. The zero-order valence-electron chi connectivity index (χ0n) is 12.5. The molecule has 0 radical (unpaired) electrons. The Morgan fingerprint density at radius 3 is 2.83 bits per heavy atom. The van der Waals surface area contributed by atoms with Gasteiger partial charge in [-0.1, -0.05) is 12.1 Å². The molecular weight excluding hydrogens is 310 g/mol. The molecule has 1 amide bonds. The smallest absolute Gasteiger partial charge is 0.253 e. The zero-order chi connectivity index (χ0) is 16.1. The van der Waals surface area contributed by atoms with E-state index in [-0.39, 0.29) is 5.91 Å². The fourth-order valence-electron chi connectivity index (χ4n) is 2.13. The highest BCUT2D eigenvalue weighted by Gasteiger charge is 2.10. The first kappa shape index (κ1) is 15.2. The number of pyridine rings is 2. The highest BCUT2D eigenvalue weighted by atomic mass is 32.1. The van der Waals surface area contributed by atoms with Crippen molar-refractivity contribution in [3.63, 3.8) is 0 Å². The summed E-state index contributed by atoms with van der Waals surface area (Å²) >= 11 is 1.63. The second kappa shape index (κ2) is 7.02. The number of hydrogen-bond donors (Lipinski definition) is 1. The number of amides is 1. The Morgan fingerprint density at radius 1 is 1.22 bits per heavy atom. The summed E-state index contributed by atoms with van der Waals surface area (Å²) < 4.78 is 4.99. The van der Waals surface area contributed by atoms with Crippen LogP contribution in [0.3, 0.4) is 0 Å². The first-order chi connectivity index (χ1) is 11.3. The second-order valence-electron chi connectivity index (χ2n) is 4.76. The van der Waals surface area contributed by atoms with Crippen LogP contribution in [0.1, 0.15) is 15.9 Å². The lowest BCUT2D eigenvalue weighted by molar-refractivity contribution is 0.0950. The molecule has 0 saturated carbocycles. The van der Waals surface area contributed by atoms with E-state index in [2.05, 4.69) is 15.3 Å². The number of carbonyl (C=O) groups excluding carboxylic acids is 1. The first-order valence-electron chi connectivity index (χ1n) is 7.04. The number of aromatic nitrogens is 2. The lowest BCUT2D eigenvalue weighted by Crippen LogP contribution is -2.23. The minimum absolute atomic E-state index is 0.180. The molecule has 0 atom stereocenters. The number of thiophene rings is 1. The van der Waals surface area contributed by atoms with Gasteiger partial charge in [-0.2, -0.15) is 0 Å². The molecule has 0 aliphatic heterocycles. The van der Waals surface area contributed by atoms with E-state index in [1.54, 1.807) is 29.7 Å². The van der Waals surface area contributed by atoms with Crippen LogP contribution >= 0.6 is 11.3 Å². The van der Waals surface area contributed by atoms with Gasteiger partial charge in [0.2, 0.25) is 5.88 Å². The minimum Gasteiger partial charge on any atom is -0.481 e. The molecule has 0 bridgehead atoms. The van der Waals surface area contributed by atoms with Gasteiger partial charge in [-0.05, 0) is 29.1 Å². The summed E-state index contributed by atoms with van der Waals surface area (Å²) in [4.78, 5) is 21.8. The van der Waals surface area contributed by atoms with Crippen molar-refractivity contribution in [1.29, 1.82) is 0 Å². The Balaban J connectivity index is 1.72. The Labute approximate surface area is 138 Å². The van der Waals surface area contributed by atoms with Crippen LogP contribution in [0.4, 0.5) is 0 Å². The second-order valence-corrected chi connectivity index (χ2v) is 5.71. The van der Waals surface area contributed by atoms with Crippen LogP contribution < -0.4 is 10.1 Å². The lowest BCUT2D eigenvalue weighted by atomic mass is 10.1. The van der Waals surface area contributed by atoms with Gasteiger partial charge in [0.25, 0.3) is 5.91 Å². The topological polar surface area (TPSA) is 64.1 Å². The molecule has 0 spiro atoms. The third-order valence-corrected chi connectivity index (χ3v) is 4.17. The van der Waals surface area contributed by atoms with Crippen molar-refractivity contribution in [2.24, 2.45) is 0 Å². The van der Waals surface area contributed by atoms with Gasteiger partial charge in [0.15, 0.2) is 0 Å². The van der Waals surface area contributed by atoms with Gasteiger partial charge >= 0.3 is 0 Å². The van der Waals surface area contributed by atoms with E-state index in [1.807, 2.05) is 29.6 Å². The van der Waals surface area contributed by atoms with Gasteiger partial charge in [-0.15, -0.1) is 11.3 Å². The van der Waals surface area contributed by atoms with E-state index in [9.17, 15) is 4.79 Å². The van der Waals surface area contributed by atoms with Crippen molar-refractivity contribution in [3.05, 3.63) is 65.3 Å². The number of nitrogens with zero attached hydrogens (tertiary/aromatic N) is 2.